The number of aromatic nitrogens is 1. The fourth-order valence-electron chi connectivity index (χ4n) is 3.06. The third kappa shape index (κ3) is 4.53. The predicted molar refractivity (Wildman–Crippen MR) is 114 cm³/mol. The minimum absolute atomic E-state index is 0.581. The molecule has 3 aromatic rings. The van der Waals surface area contributed by atoms with Crippen molar-refractivity contribution in [2.24, 2.45) is 0 Å². The maximum Gasteiger partial charge on any atom is 0.137 e. The van der Waals surface area contributed by atoms with Gasteiger partial charge in [0.25, 0.3) is 0 Å². The summed E-state index contributed by atoms with van der Waals surface area (Å²) in [5, 5.41) is 17.8. The van der Waals surface area contributed by atoms with E-state index in [1.807, 2.05) is 36.5 Å². The highest BCUT2D eigenvalue weighted by atomic mass is 35.5. The number of anilines is 1. The van der Waals surface area contributed by atoms with Gasteiger partial charge >= 0.3 is 0 Å². The van der Waals surface area contributed by atoms with Crippen LogP contribution in [-0.4, -0.2) is 18.6 Å². The van der Waals surface area contributed by atoms with Gasteiger partial charge in [-0.1, -0.05) is 24.6 Å². The summed E-state index contributed by atoms with van der Waals surface area (Å²) in [5.74, 6) is 0.655. The second kappa shape index (κ2) is 9.41. The third-order valence-electron chi connectivity index (χ3n) is 4.50. The van der Waals surface area contributed by atoms with Crippen molar-refractivity contribution in [2.45, 2.75) is 26.4 Å². The van der Waals surface area contributed by atoms with Gasteiger partial charge < -0.3 is 15.4 Å². The molecule has 2 aromatic carbocycles. The molecule has 0 spiro atoms. The summed E-state index contributed by atoms with van der Waals surface area (Å²) in [6, 6.07) is 13.5. The highest BCUT2D eigenvalue weighted by molar-refractivity contribution is 6.32. The number of nitrogens with zero attached hydrogens (tertiary/aromatic N) is 2. The molecular formula is C22H23ClN4O. The summed E-state index contributed by atoms with van der Waals surface area (Å²) >= 11 is 6.25. The van der Waals surface area contributed by atoms with E-state index in [9.17, 15) is 5.26 Å². The van der Waals surface area contributed by atoms with Gasteiger partial charge in [0.05, 0.1) is 29.3 Å². The number of nitriles is 1. The van der Waals surface area contributed by atoms with Crippen molar-refractivity contribution in [1.29, 1.82) is 5.26 Å². The molecule has 0 bridgehead atoms. The minimum Gasteiger partial charge on any atom is -0.495 e. The number of fused-ring (bicyclic) bond motifs is 1. The Bertz CT molecular complexity index is 1010. The molecule has 1 heterocycles. The van der Waals surface area contributed by atoms with Crippen molar-refractivity contribution < 1.29 is 4.74 Å². The van der Waals surface area contributed by atoms with Crippen LogP contribution in [0.1, 0.15) is 30.0 Å². The van der Waals surface area contributed by atoms with E-state index in [4.69, 9.17) is 16.3 Å². The van der Waals surface area contributed by atoms with Crippen LogP contribution in [-0.2, 0) is 13.1 Å². The first kappa shape index (κ1) is 19.9. The molecule has 0 atom stereocenters. The lowest BCUT2D eigenvalue weighted by Crippen LogP contribution is -2.16. The summed E-state index contributed by atoms with van der Waals surface area (Å²) < 4.78 is 5.22. The van der Waals surface area contributed by atoms with Crippen LogP contribution in [0.5, 0.6) is 5.75 Å². The number of benzene rings is 2. The van der Waals surface area contributed by atoms with Crippen LogP contribution < -0.4 is 15.4 Å². The van der Waals surface area contributed by atoms with E-state index in [1.54, 1.807) is 13.2 Å². The van der Waals surface area contributed by atoms with E-state index < -0.39 is 0 Å². The second-order valence-electron chi connectivity index (χ2n) is 6.50. The first-order chi connectivity index (χ1) is 13.7. The van der Waals surface area contributed by atoms with Crippen molar-refractivity contribution in [1.82, 2.24) is 10.3 Å². The molecule has 0 amide bonds. The lowest BCUT2D eigenvalue weighted by molar-refractivity contribution is 0.415. The van der Waals surface area contributed by atoms with Crippen LogP contribution in [0.4, 0.5) is 5.69 Å². The molecule has 0 aliphatic heterocycles. The van der Waals surface area contributed by atoms with Gasteiger partial charge in [-0.15, -0.1) is 0 Å². The zero-order chi connectivity index (χ0) is 19.9. The standard InChI is InChI=1S/C22H23ClN4O/c1-3-8-25-13-17-14-26-20-6-4-15(11-24)9-18(20)22(17)27-12-16-5-7-21(28-2)19(23)10-16/h4-7,9-10,14,25H,3,8,12-13H2,1-2H3,(H,26,27). The summed E-state index contributed by atoms with van der Waals surface area (Å²) in [5.41, 5.74) is 4.56. The first-order valence-electron chi connectivity index (χ1n) is 9.25. The monoisotopic (exact) mass is 394 g/mol. The van der Waals surface area contributed by atoms with Crippen LogP contribution in [0.25, 0.3) is 10.9 Å². The predicted octanol–water partition coefficient (Wildman–Crippen LogP) is 4.88. The van der Waals surface area contributed by atoms with Crippen molar-refractivity contribution in [3.8, 4) is 11.8 Å². The Morgan fingerprint density at radius 1 is 1.18 bits per heavy atom. The maximum absolute atomic E-state index is 9.29. The van der Waals surface area contributed by atoms with E-state index >= 15 is 0 Å². The molecule has 3 rings (SSSR count). The molecule has 2 N–H and O–H groups in total. The van der Waals surface area contributed by atoms with Crippen LogP contribution in [0.15, 0.2) is 42.6 Å². The van der Waals surface area contributed by atoms with Gasteiger partial charge in [-0.05, 0) is 48.9 Å². The van der Waals surface area contributed by atoms with Gasteiger partial charge in [0.1, 0.15) is 5.75 Å². The number of ether oxygens (including phenoxy) is 1. The molecule has 0 fully saturated rings. The maximum atomic E-state index is 9.29. The highest BCUT2D eigenvalue weighted by Crippen LogP contribution is 2.29. The van der Waals surface area contributed by atoms with E-state index in [1.165, 1.54) is 0 Å². The topological polar surface area (TPSA) is 70.0 Å². The fraction of sp³-hybridized carbons (Fsp3) is 0.273. The molecule has 28 heavy (non-hydrogen) atoms. The number of rotatable bonds is 8. The molecule has 0 saturated carbocycles. The van der Waals surface area contributed by atoms with Crippen LogP contribution in [0.3, 0.4) is 0 Å². The van der Waals surface area contributed by atoms with Gasteiger partial charge in [-0.3, -0.25) is 4.98 Å². The fourth-order valence-corrected chi connectivity index (χ4v) is 3.34. The van der Waals surface area contributed by atoms with Crippen molar-refractivity contribution in [3.05, 3.63) is 64.3 Å². The Kier molecular flexibility index (Phi) is 6.70. The molecule has 1 aromatic heterocycles. The van der Waals surface area contributed by atoms with E-state index in [0.717, 1.165) is 40.7 Å². The molecule has 5 nitrogen and oxygen atoms in total. The van der Waals surface area contributed by atoms with Gasteiger partial charge in [-0.25, -0.2) is 0 Å². The van der Waals surface area contributed by atoms with Crippen LogP contribution >= 0.6 is 11.6 Å². The Balaban J connectivity index is 1.94. The number of hydrogen-bond donors (Lipinski definition) is 2. The van der Waals surface area contributed by atoms with Gasteiger partial charge in [0, 0.05) is 35.9 Å². The molecular weight excluding hydrogens is 372 g/mol. The first-order valence-corrected chi connectivity index (χ1v) is 9.62. The highest BCUT2D eigenvalue weighted by Gasteiger charge is 2.11. The average Bonchev–Trinajstić information content (AvgIpc) is 2.72. The van der Waals surface area contributed by atoms with E-state index in [2.05, 4.69) is 28.6 Å². The van der Waals surface area contributed by atoms with Crippen molar-refractivity contribution in [2.75, 3.05) is 19.0 Å². The summed E-state index contributed by atoms with van der Waals surface area (Å²) in [4.78, 5) is 4.56. The second-order valence-corrected chi connectivity index (χ2v) is 6.91. The quantitative estimate of drug-likeness (QED) is 0.533. The molecule has 0 saturated heterocycles. The van der Waals surface area contributed by atoms with E-state index in [0.29, 0.717) is 29.4 Å². The molecule has 0 aliphatic rings. The lowest BCUT2D eigenvalue weighted by atomic mass is 10.1. The lowest BCUT2D eigenvalue weighted by Gasteiger charge is -2.16. The number of nitrogens with one attached hydrogen (secondary N) is 2. The van der Waals surface area contributed by atoms with Crippen molar-refractivity contribution >= 4 is 28.2 Å². The third-order valence-corrected chi connectivity index (χ3v) is 4.80. The summed E-state index contributed by atoms with van der Waals surface area (Å²) in [6.07, 6.45) is 2.95. The zero-order valence-corrected chi connectivity index (χ0v) is 16.8. The number of pyridine rings is 1. The van der Waals surface area contributed by atoms with Crippen LogP contribution in [0, 0.1) is 11.3 Å². The van der Waals surface area contributed by atoms with Crippen molar-refractivity contribution in [3.63, 3.8) is 0 Å². The molecule has 0 unspecified atom stereocenters. The Labute approximate surface area is 170 Å². The minimum atomic E-state index is 0.581. The largest absolute Gasteiger partial charge is 0.495 e. The Hall–Kier alpha value is -2.81. The zero-order valence-electron chi connectivity index (χ0n) is 16.1. The Morgan fingerprint density at radius 3 is 2.75 bits per heavy atom. The van der Waals surface area contributed by atoms with Crippen LogP contribution in [0.2, 0.25) is 5.02 Å². The average molecular weight is 395 g/mol. The number of methoxy groups -OCH3 is 1. The number of hydrogen-bond acceptors (Lipinski definition) is 5. The molecule has 0 radical (unpaired) electrons. The smallest absolute Gasteiger partial charge is 0.137 e. The molecule has 144 valence electrons. The Morgan fingerprint density at radius 2 is 2.04 bits per heavy atom. The van der Waals surface area contributed by atoms with Gasteiger partial charge in [0.15, 0.2) is 0 Å². The van der Waals surface area contributed by atoms with E-state index in [-0.39, 0.29) is 0 Å². The van der Waals surface area contributed by atoms with Gasteiger partial charge in [0.2, 0.25) is 0 Å². The molecule has 0 aliphatic carbocycles. The number of halogens is 1. The SMILES string of the molecule is CCCNCc1cnc2ccc(C#N)cc2c1NCc1ccc(OC)c(Cl)c1. The molecule has 6 heteroatoms. The summed E-state index contributed by atoms with van der Waals surface area (Å²) in [6.45, 7) is 4.38. The van der Waals surface area contributed by atoms with Gasteiger partial charge in [-0.2, -0.15) is 5.26 Å². The normalized spacial score (nSPS) is 10.6. The summed E-state index contributed by atoms with van der Waals surface area (Å²) in [7, 11) is 1.60.